The molecule has 5 nitrogen and oxygen atoms in total. The summed E-state index contributed by atoms with van der Waals surface area (Å²) < 4.78 is 13.1. The average molecular weight is 386 g/mol. The monoisotopic (exact) mass is 385 g/mol. The topological polar surface area (TPSA) is 39.5 Å². The molecule has 0 bridgehead atoms. The summed E-state index contributed by atoms with van der Waals surface area (Å²) in [7, 11) is 5.77. The quantitative estimate of drug-likeness (QED) is 0.534. The molecule has 0 aliphatic rings. The van der Waals surface area contributed by atoms with E-state index in [1.54, 1.807) is 7.11 Å². The summed E-state index contributed by atoms with van der Waals surface area (Å²) in [6, 6.07) is 15.5. The van der Waals surface area contributed by atoms with Gasteiger partial charge in [0.25, 0.3) is 0 Å². The van der Waals surface area contributed by atoms with E-state index in [0.29, 0.717) is 17.5 Å². The number of methoxy groups -OCH3 is 1. The summed E-state index contributed by atoms with van der Waals surface area (Å²) in [5.41, 5.74) is 2.90. The molecule has 0 fully saturated rings. The lowest BCUT2D eigenvalue weighted by Crippen LogP contribution is -2.15. The van der Waals surface area contributed by atoms with Gasteiger partial charge in [0.1, 0.15) is 5.75 Å². The van der Waals surface area contributed by atoms with E-state index in [4.69, 9.17) is 21.1 Å². The fourth-order valence-corrected chi connectivity index (χ4v) is 2.83. The lowest BCUT2D eigenvalue weighted by atomic mass is 10.1. The lowest BCUT2D eigenvalue weighted by Gasteiger charge is -2.10. The van der Waals surface area contributed by atoms with Crippen LogP contribution in [0.4, 0.5) is 0 Å². The van der Waals surface area contributed by atoms with Gasteiger partial charge in [-0.15, -0.1) is 5.10 Å². The number of ether oxygens (including phenoxy) is 2. The smallest absolute Gasteiger partial charge is 0.241 e. The van der Waals surface area contributed by atoms with E-state index in [2.05, 4.69) is 24.1 Å². The second kappa shape index (κ2) is 8.93. The van der Waals surface area contributed by atoms with Crippen molar-refractivity contribution in [3.05, 3.63) is 59.8 Å². The Morgan fingerprint density at radius 2 is 1.74 bits per heavy atom. The molecule has 0 spiro atoms. The van der Waals surface area contributed by atoms with Crippen LogP contribution < -0.4 is 9.47 Å². The molecule has 0 unspecified atom stereocenters. The molecule has 0 N–H and O–H groups in total. The highest BCUT2D eigenvalue weighted by Gasteiger charge is 2.14. The van der Waals surface area contributed by atoms with Gasteiger partial charge in [-0.25, -0.2) is 4.68 Å². The minimum Gasteiger partial charge on any atom is -0.497 e. The number of benzene rings is 2. The minimum atomic E-state index is 0.610. The van der Waals surface area contributed by atoms with Crippen molar-refractivity contribution in [1.82, 2.24) is 14.7 Å². The first kappa shape index (κ1) is 19.3. The van der Waals surface area contributed by atoms with Crippen LogP contribution in [0.5, 0.6) is 11.6 Å². The van der Waals surface area contributed by atoms with Crippen molar-refractivity contribution in [3.63, 3.8) is 0 Å². The van der Waals surface area contributed by atoms with Gasteiger partial charge in [0.2, 0.25) is 5.88 Å². The Morgan fingerprint density at radius 3 is 2.37 bits per heavy atom. The molecular formula is C21H24ClN3O2. The van der Waals surface area contributed by atoms with E-state index < -0.39 is 0 Å². The molecule has 0 aliphatic heterocycles. The van der Waals surface area contributed by atoms with Crippen LogP contribution in [0, 0.1) is 0 Å². The first-order valence-corrected chi connectivity index (χ1v) is 9.22. The maximum Gasteiger partial charge on any atom is 0.241 e. The van der Waals surface area contributed by atoms with Gasteiger partial charge in [-0.05, 0) is 62.5 Å². The van der Waals surface area contributed by atoms with Crippen molar-refractivity contribution < 1.29 is 9.47 Å². The summed E-state index contributed by atoms with van der Waals surface area (Å²) in [5, 5.41) is 5.35. The van der Waals surface area contributed by atoms with Crippen LogP contribution in [0.3, 0.4) is 0 Å². The highest BCUT2D eigenvalue weighted by atomic mass is 35.5. The van der Waals surface area contributed by atoms with Gasteiger partial charge in [0, 0.05) is 17.8 Å². The first-order chi connectivity index (χ1) is 13.1. The van der Waals surface area contributed by atoms with Crippen molar-refractivity contribution >= 4 is 11.6 Å². The molecule has 27 heavy (non-hydrogen) atoms. The van der Waals surface area contributed by atoms with Crippen molar-refractivity contribution in [2.75, 3.05) is 34.4 Å². The van der Waals surface area contributed by atoms with E-state index in [1.165, 1.54) is 0 Å². The van der Waals surface area contributed by atoms with Gasteiger partial charge in [-0.1, -0.05) is 23.7 Å². The Bertz CT molecular complexity index is 858. The van der Waals surface area contributed by atoms with E-state index in [0.717, 1.165) is 35.5 Å². The van der Waals surface area contributed by atoms with Gasteiger partial charge in [0.05, 0.1) is 25.0 Å². The summed E-state index contributed by atoms with van der Waals surface area (Å²) in [4.78, 5) is 2.14. The van der Waals surface area contributed by atoms with Crippen molar-refractivity contribution in [2.45, 2.75) is 6.42 Å². The molecule has 1 aromatic heterocycles. The molecule has 0 saturated carbocycles. The predicted octanol–water partition coefficient (Wildman–Crippen LogP) is 4.53. The number of hydrogen-bond donors (Lipinski definition) is 0. The highest BCUT2D eigenvalue weighted by Crippen LogP contribution is 2.31. The van der Waals surface area contributed by atoms with Crippen LogP contribution in [0.2, 0.25) is 5.02 Å². The molecule has 2 aromatic carbocycles. The zero-order valence-corrected chi connectivity index (χ0v) is 16.6. The molecule has 0 amide bonds. The maximum atomic E-state index is 6.01. The SMILES string of the molecule is COc1ccc(-c2cn(-c3ccc(Cl)cc3)nc2OCCCN(C)C)cc1. The fourth-order valence-electron chi connectivity index (χ4n) is 2.71. The normalized spacial score (nSPS) is 11.0. The molecule has 3 aromatic rings. The van der Waals surface area contributed by atoms with Crippen LogP contribution in [0.1, 0.15) is 6.42 Å². The largest absolute Gasteiger partial charge is 0.497 e. The molecule has 0 aliphatic carbocycles. The van der Waals surface area contributed by atoms with Crippen LogP contribution in [0.15, 0.2) is 54.7 Å². The number of nitrogens with zero attached hydrogens (tertiary/aromatic N) is 3. The van der Waals surface area contributed by atoms with Crippen LogP contribution in [-0.4, -0.2) is 49.0 Å². The first-order valence-electron chi connectivity index (χ1n) is 8.84. The Hall–Kier alpha value is -2.50. The Balaban J connectivity index is 1.89. The van der Waals surface area contributed by atoms with Gasteiger partial charge in [0.15, 0.2) is 0 Å². The summed E-state index contributed by atoms with van der Waals surface area (Å²) in [6.45, 7) is 1.58. The van der Waals surface area contributed by atoms with E-state index in [-0.39, 0.29) is 0 Å². The van der Waals surface area contributed by atoms with Crippen molar-refractivity contribution in [1.29, 1.82) is 0 Å². The third-order valence-corrected chi connectivity index (χ3v) is 4.41. The average Bonchev–Trinajstić information content (AvgIpc) is 3.10. The predicted molar refractivity (Wildman–Crippen MR) is 109 cm³/mol. The number of halogens is 1. The number of hydrogen-bond acceptors (Lipinski definition) is 4. The maximum absolute atomic E-state index is 6.01. The standard InChI is InChI=1S/C21H24ClN3O2/c1-24(2)13-4-14-27-21-20(16-5-11-19(26-3)12-6-16)15-25(23-21)18-9-7-17(22)8-10-18/h5-12,15H,4,13-14H2,1-3H3. The van der Waals surface area contributed by atoms with Crippen LogP contribution in [0.25, 0.3) is 16.8 Å². The minimum absolute atomic E-state index is 0.610. The zero-order chi connectivity index (χ0) is 19.2. The lowest BCUT2D eigenvalue weighted by molar-refractivity contribution is 0.273. The summed E-state index contributed by atoms with van der Waals surface area (Å²) >= 11 is 6.00. The van der Waals surface area contributed by atoms with Crippen molar-refractivity contribution in [2.24, 2.45) is 0 Å². The third-order valence-electron chi connectivity index (χ3n) is 4.16. The molecule has 0 radical (unpaired) electrons. The van der Waals surface area contributed by atoms with Crippen LogP contribution in [-0.2, 0) is 0 Å². The van der Waals surface area contributed by atoms with E-state index >= 15 is 0 Å². The summed E-state index contributed by atoms with van der Waals surface area (Å²) in [6.07, 6.45) is 2.91. The molecule has 1 heterocycles. The molecule has 0 saturated heterocycles. The van der Waals surface area contributed by atoms with Gasteiger partial charge in [-0.2, -0.15) is 0 Å². The fraction of sp³-hybridized carbons (Fsp3) is 0.286. The van der Waals surface area contributed by atoms with E-state index in [9.17, 15) is 0 Å². The molecule has 0 atom stereocenters. The Kier molecular flexibility index (Phi) is 6.37. The van der Waals surface area contributed by atoms with Crippen LogP contribution >= 0.6 is 11.6 Å². The molecule has 142 valence electrons. The molecule has 3 rings (SSSR count). The van der Waals surface area contributed by atoms with Gasteiger partial charge < -0.3 is 14.4 Å². The second-order valence-corrected chi connectivity index (χ2v) is 6.94. The molecule has 6 heteroatoms. The number of rotatable bonds is 8. The molecular weight excluding hydrogens is 362 g/mol. The Morgan fingerprint density at radius 1 is 1.04 bits per heavy atom. The second-order valence-electron chi connectivity index (χ2n) is 6.50. The summed E-state index contributed by atoms with van der Waals surface area (Å²) in [5.74, 6) is 1.44. The van der Waals surface area contributed by atoms with E-state index in [1.807, 2.05) is 59.4 Å². The number of aromatic nitrogens is 2. The third kappa shape index (κ3) is 5.02. The highest BCUT2D eigenvalue weighted by molar-refractivity contribution is 6.30. The van der Waals surface area contributed by atoms with Gasteiger partial charge >= 0.3 is 0 Å². The zero-order valence-electron chi connectivity index (χ0n) is 15.9. The van der Waals surface area contributed by atoms with Gasteiger partial charge in [-0.3, -0.25) is 0 Å². The Labute approximate surface area is 165 Å². The van der Waals surface area contributed by atoms with Crippen molar-refractivity contribution in [3.8, 4) is 28.4 Å².